The molecule has 1 aromatic heterocycles. The standard InChI is InChI=1S/C19H28N4O2/c1-14-5-8-22(9-6-14)19(25)18-12-20-17(11-21-18)10-16-4-3-7-23(13-16)15(2)24/h11-12,14,16H,3-10,13H2,1-2H3/t16-/m1/s1. The first-order chi connectivity index (χ1) is 12.0. The quantitative estimate of drug-likeness (QED) is 0.843. The van der Waals surface area contributed by atoms with E-state index in [1.165, 1.54) is 0 Å². The molecule has 0 N–H and O–H groups in total. The van der Waals surface area contributed by atoms with Gasteiger partial charge in [0.15, 0.2) is 0 Å². The molecular formula is C19H28N4O2. The van der Waals surface area contributed by atoms with Gasteiger partial charge in [-0.2, -0.15) is 0 Å². The molecule has 2 fully saturated rings. The maximum absolute atomic E-state index is 12.5. The number of amides is 2. The van der Waals surface area contributed by atoms with Crippen molar-refractivity contribution < 1.29 is 9.59 Å². The van der Waals surface area contributed by atoms with Gasteiger partial charge in [0.05, 0.1) is 11.9 Å². The summed E-state index contributed by atoms with van der Waals surface area (Å²) < 4.78 is 0. The second kappa shape index (κ2) is 7.93. The Morgan fingerprint density at radius 2 is 1.84 bits per heavy atom. The fourth-order valence-electron chi connectivity index (χ4n) is 3.76. The Morgan fingerprint density at radius 1 is 1.08 bits per heavy atom. The van der Waals surface area contributed by atoms with Crippen LogP contribution in [0.15, 0.2) is 12.4 Å². The summed E-state index contributed by atoms with van der Waals surface area (Å²) in [7, 11) is 0. The summed E-state index contributed by atoms with van der Waals surface area (Å²) in [5, 5.41) is 0. The highest BCUT2D eigenvalue weighted by atomic mass is 16.2. The summed E-state index contributed by atoms with van der Waals surface area (Å²) in [4.78, 5) is 36.7. The Hall–Kier alpha value is -1.98. The molecular weight excluding hydrogens is 316 g/mol. The lowest BCUT2D eigenvalue weighted by atomic mass is 9.93. The van der Waals surface area contributed by atoms with E-state index < -0.39 is 0 Å². The first-order valence-corrected chi connectivity index (χ1v) is 9.38. The highest BCUT2D eigenvalue weighted by molar-refractivity contribution is 5.92. The summed E-state index contributed by atoms with van der Waals surface area (Å²) in [5.41, 5.74) is 1.34. The van der Waals surface area contributed by atoms with E-state index in [4.69, 9.17) is 0 Å². The predicted molar refractivity (Wildman–Crippen MR) is 95.0 cm³/mol. The molecule has 3 heterocycles. The van der Waals surface area contributed by atoms with Gasteiger partial charge in [0.2, 0.25) is 5.91 Å². The molecule has 0 bridgehead atoms. The van der Waals surface area contributed by atoms with Crippen LogP contribution in [0.2, 0.25) is 0 Å². The molecule has 2 saturated heterocycles. The third-order valence-corrected chi connectivity index (χ3v) is 5.46. The summed E-state index contributed by atoms with van der Waals surface area (Å²) >= 11 is 0. The van der Waals surface area contributed by atoms with Crippen LogP contribution in [-0.4, -0.2) is 57.8 Å². The highest BCUT2D eigenvalue weighted by Gasteiger charge is 2.24. The van der Waals surface area contributed by atoms with Gasteiger partial charge in [-0.05, 0) is 43.9 Å². The van der Waals surface area contributed by atoms with Gasteiger partial charge < -0.3 is 9.80 Å². The van der Waals surface area contributed by atoms with Crippen LogP contribution in [0.4, 0.5) is 0 Å². The van der Waals surface area contributed by atoms with Crippen molar-refractivity contribution in [2.45, 2.75) is 46.0 Å². The van der Waals surface area contributed by atoms with Crippen molar-refractivity contribution in [1.82, 2.24) is 19.8 Å². The fourth-order valence-corrected chi connectivity index (χ4v) is 3.76. The largest absolute Gasteiger partial charge is 0.343 e. The average molecular weight is 344 g/mol. The number of rotatable bonds is 3. The molecule has 3 rings (SSSR count). The van der Waals surface area contributed by atoms with Crippen molar-refractivity contribution in [2.24, 2.45) is 11.8 Å². The van der Waals surface area contributed by atoms with Crippen molar-refractivity contribution >= 4 is 11.8 Å². The minimum atomic E-state index is -0.00799. The van der Waals surface area contributed by atoms with E-state index in [-0.39, 0.29) is 11.8 Å². The van der Waals surface area contributed by atoms with Gasteiger partial charge in [0.25, 0.3) is 5.91 Å². The number of piperidine rings is 2. The zero-order valence-corrected chi connectivity index (χ0v) is 15.3. The zero-order valence-electron chi connectivity index (χ0n) is 15.3. The van der Waals surface area contributed by atoms with Crippen LogP contribution in [0, 0.1) is 11.8 Å². The van der Waals surface area contributed by atoms with E-state index in [1.54, 1.807) is 19.3 Å². The van der Waals surface area contributed by atoms with Crippen molar-refractivity contribution in [3.63, 3.8) is 0 Å². The minimum absolute atomic E-state index is 0.00799. The molecule has 2 aliphatic rings. The molecule has 25 heavy (non-hydrogen) atoms. The first kappa shape index (κ1) is 17.8. The number of carbonyl (C=O) groups excluding carboxylic acids is 2. The number of hydrogen-bond donors (Lipinski definition) is 0. The number of carbonyl (C=O) groups is 2. The Kier molecular flexibility index (Phi) is 5.66. The van der Waals surface area contributed by atoms with Crippen molar-refractivity contribution in [1.29, 1.82) is 0 Å². The van der Waals surface area contributed by atoms with E-state index in [1.807, 2.05) is 9.80 Å². The SMILES string of the molecule is CC(=O)N1CCC[C@H](Cc2cnc(C(=O)N3CCC(C)CC3)cn2)C1. The van der Waals surface area contributed by atoms with Crippen molar-refractivity contribution in [3.8, 4) is 0 Å². The molecule has 1 atom stereocenters. The van der Waals surface area contributed by atoms with Crippen LogP contribution in [0.5, 0.6) is 0 Å². The molecule has 1 aromatic rings. The Labute approximate surface area is 149 Å². The molecule has 0 aliphatic carbocycles. The normalized spacial score (nSPS) is 22.1. The van der Waals surface area contributed by atoms with Crippen molar-refractivity contribution in [2.75, 3.05) is 26.2 Å². The molecule has 6 nitrogen and oxygen atoms in total. The van der Waals surface area contributed by atoms with Gasteiger partial charge >= 0.3 is 0 Å². The third-order valence-electron chi connectivity index (χ3n) is 5.46. The molecule has 0 unspecified atom stereocenters. The van der Waals surface area contributed by atoms with Gasteiger partial charge in [-0.25, -0.2) is 4.98 Å². The van der Waals surface area contributed by atoms with Crippen LogP contribution in [-0.2, 0) is 11.2 Å². The molecule has 0 spiro atoms. The van der Waals surface area contributed by atoms with Crippen LogP contribution in [0.1, 0.15) is 55.7 Å². The molecule has 0 saturated carbocycles. The fraction of sp³-hybridized carbons (Fsp3) is 0.684. The lowest BCUT2D eigenvalue weighted by molar-refractivity contribution is -0.130. The van der Waals surface area contributed by atoms with Crippen molar-refractivity contribution in [3.05, 3.63) is 23.8 Å². The topological polar surface area (TPSA) is 66.4 Å². The second-order valence-electron chi connectivity index (χ2n) is 7.55. The average Bonchev–Trinajstić information content (AvgIpc) is 2.63. The molecule has 6 heteroatoms. The molecule has 136 valence electrons. The van der Waals surface area contributed by atoms with Gasteiger partial charge in [-0.1, -0.05) is 6.92 Å². The number of nitrogens with zero attached hydrogens (tertiary/aromatic N) is 4. The highest BCUT2D eigenvalue weighted by Crippen LogP contribution is 2.21. The van der Waals surface area contributed by atoms with Crippen LogP contribution in [0.3, 0.4) is 0 Å². The van der Waals surface area contributed by atoms with E-state index >= 15 is 0 Å². The maximum atomic E-state index is 12.5. The van der Waals surface area contributed by atoms with Gasteiger partial charge in [0.1, 0.15) is 5.69 Å². The summed E-state index contributed by atoms with van der Waals surface area (Å²) in [6.45, 7) is 7.14. The Morgan fingerprint density at radius 3 is 2.48 bits per heavy atom. The zero-order chi connectivity index (χ0) is 17.8. The third kappa shape index (κ3) is 4.55. The van der Waals surface area contributed by atoms with Gasteiger partial charge in [-0.15, -0.1) is 0 Å². The van der Waals surface area contributed by atoms with Crippen LogP contribution in [0.25, 0.3) is 0 Å². The lowest BCUT2D eigenvalue weighted by Crippen LogP contribution is -2.39. The van der Waals surface area contributed by atoms with Gasteiger partial charge in [-0.3, -0.25) is 14.6 Å². The Bertz CT molecular complexity index is 608. The number of aromatic nitrogens is 2. The monoisotopic (exact) mass is 344 g/mol. The lowest BCUT2D eigenvalue weighted by Gasteiger charge is -2.32. The molecule has 0 radical (unpaired) electrons. The molecule has 2 aliphatic heterocycles. The van der Waals surface area contributed by atoms with E-state index in [9.17, 15) is 9.59 Å². The summed E-state index contributed by atoms with van der Waals surface area (Å²) in [6, 6.07) is 0. The first-order valence-electron chi connectivity index (χ1n) is 9.38. The minimum Gasteiger partial charge on any atom is -0.343 e. The van der Waals surface area contributed by atoms with E-state index in [0.29, 0.717) is 17.5 Å². The van der Waals surface area contributed by atoms with E-state index in [2.05, 4.69) is 16.9 Å². The summed E-state index contributed by atoms with van der Waals surface area (Å²) in [5.74, 6) is 1.26. The molecule has 2 amide bonds. The number of hydrogen-bond acceptors (Lipinski definition) is 4. The molecule has 0 aromatic carbocycles. The maximum Gasteiger partial charge on any atom is 0.274 e. The summed E-state index contributed by atoms with van der Waals surface area (Å²) in [6.07, 6.45) is 8.43. The second-order valence-corrected chi connectivity index (χ2v) is 7.55. The predicted octanol–water partition coefficient (Wildman–Crippen LogP) is 2.15. The van der Waals surface area contributed by atoms with Crippen LogP contribution < -0.4 is 0 Å². The smallest absolute Gasteiger partial charge is 0.274 e. The van der Waals surface area contributed by atoms with Crippen LogP contribution >= 0.6 is 0 Å². The van der Waals surface area contributed by atoms with Gasteiger partial charge in [0, 0.05) is 39.3 Å². The Balaban J connectivity index is 1.57. The van der Waals surface area contributed by atoms with E-state index in [0.717, 1.165) is 64.0 Å². The number of likely N-dealkylation sites (tertiary alicyclic amines) is 2.